The van der Waals surface area contributed by atoms with E-state index >= 15 is 0 Å². The number of ether oxygens (including phenoxy) is 2. The summed E-state index contributed by atoms with van der Waals surface area (Å²) in [6.07, 6.45) is 1.17. The van der Waals surface area contributed by atoms with Crippen LogP contribution < -0.4 is 10.1 Å². The van der Waals surface area contributed by atoms with E-state index in [1.807, 2.05) is 19.9 Å². The highest BCUT2D eigenvalue weighted by atomic mass is 32.1. The first-order chi connectivity index (χ1) is 16.1. The molecular weight excluding hydrogens is 453 g/mol. The van der Waals surface area contributed by atoms with Gasteiger partial charge in [0.1, 0.15) is 18.2 Å². The Bertz CT molecular complexity index is 1190. The van der Waals surface area contributed by atoms with Crippen LogP contribution in [0.2, 0.25) is 0 Å². The van der Waals surface area contributed by atoms with Crippen LogP contribution in [0.4, 0.5) is 4.39 Å². The lowest BCUT2D eigenvalue weighted by Gasteiger charge is -2.39. The number of hydrogen-bond acceptors (Lipinski definition) is 6. The van der Waals surface area contributed by atoms with Gasteiger partial charge in [0, 0.05) is 38.7 Å². The number of allylic oxidation sites excluding steroid dienone is 3. The second-order valence-electron chi connectivity index (χ2n) is 9.62. The lowest BCUT2D eigenvalue weighted by molar-refractivity contribution is -0.138. The number of benzene rings is 1. The fraction of sp³-hybridized carbons (Fsp3) is 0.407. The summed E-state index contributed by atoms with van der Waals surface area (Å²) >= 11 is 1.56. The Kier molecular flexibility index (Phi) is 6.67. The van der Waals surface area contributed by atoms with Crippen molar-refractivity contribution < 1.29 is 23.5 Å². The van der Waals surface area contributed by atoms with Crippen LogP contribution in [0, 0.1) is 18.2 Å². The van der Waals surface area contributed by atoms with Crippen LogP contribution in [0.1, 0.15) is 61.8 Å². The average molecular weight is 484 g/mol. The normalized spacial score (nSPS) is 19.6. The van der Waals surface area contributed by atoms with E-state index in [1.165, 1.54) is 12.1 Å². The molecule has 7 heteroatoms. The van der Waals surface area contributed by atoms with Crippen molar-refractivity contribution in [2.75, 3.05) is 6.61 Å². The van der Waals surface area contributed by atoms with Gasteiger partial charge in [0.25, 0.3) is 0 Å². The molecule has 0 fully saturated rings. The van der Waals surface area contributed by atoms with Gasteiger partial charge in [0.15, 0.2) is 5.78 Å². The molecule has 0 amide bonds. The zero-order valence-corrected chi connectivity index (χ0v) is 21.0. The van der Waals surface area contributed by atoms with Crippen molar-refractivity contribution in [3.8, 4) is 5.75 Å². The lowest BCUT2D eigenvalue weighted by Crippen LogP contribution is -2.38. The van der Waals surface area contributed by atoms with Crippen LogP contribution in [-0.4, -0.2) is 18.4 Å². The highest BCUT2D eigenvalue weighted by Gasteiger charge is 2.43. The van der Waals surface area contributed by atoms with Crippen LogP contribution in [-0.2, 0) is 20.9 Å². The van der Waals surface area contributed by atoms with E-state index in [9.17, 15) is 14.0 Å². The molecule has 1 unspecified atom stereocenters. The number of thiophene rings is 1. The maximum Gasteiger partial charge on any atom is 0.336 e. The third-order valence-electron chi connectivity index (χ3n) is 6.27. The Balaban J connectivity index is 1.72. The largest absolute Gasteiger partial charge is 0.489 e. The lowest BCUT2D eigenvalue weighted by atomic mass is 9.70. The molecule has 2 heterocycles. The number of dihydropyridines is 1. The third-order valence-corrected chi connectivity index (χ3v) is 7.42. The molecule has 1 aliphatic carbocycles. The summed E-state index contributed by atoms with van der Waals surface area (Å²) in [4.78, 5) is 28.4. The molecule has 180 valence electrons. The van der Waals surface area contributed by atoms with E-state index < -0.39 is 11.9 Å². The Morgan fingerprint density at radius 3 is 2.59 bits per heavy atom. The molecule has 1 aromatic carbocycles. The summed E-state index contributed by atoms with van der Waals surface area (Å²) in [6, 6.07) is 7.92. The molecular formula is C27H30FNO4S. The van der Waals surface area contributed by atoms with Crippen molar-refractivity contribution in [2.24, 2.45) is 5.41 Å². The molecule has 2 aromatic rings. The van der Waals surface area contributed by atoms with E-state index in [-0.39, 0.29) is 23.6 Å². The predicted molar refractivity (Wildman–Crippen MR) is 130 cm³/mol. The van der Waals surface area contributed by atoms with Gasteiger partial charge in [-0.25, -0.2) is 9.18 Å². The number of ketones is 1. The Morgan fingerprint density at radius 1 is 1.21 bits per heavy atom. The second kappa shape index (κ2) is 9.37. The highest BCUT2D eigenvalue weighted by Crippen LogP contribution is 2.48. The van der Waals surface area contributed by atoms with E-state index in [4.69, 9.17) is 9.47 Å². The maximum absolute atomic E-state index is 13.4. The van der Waals surface area contributed by atoms with Gasteiger partial charge in [-0.15, -0.1) is 11.3 Å². The molecule has 0 bridgehead atoms. The maximum atomic E-state index is 13.4. The molecule has 5 nitrogen and oxygen atoms in total. The van der Waals surface area contributed by atoms with Crippen molar-refractivity contribution in [1.29, 1.82) is 0 Å². The molecule has 0 radical (unpaired) electrons. The molecule has 1 atom stereocenters. The first kappa shape index (κ1) is 24.2. The van der Waals surface area contributed by atoms with Crippen LogP contribution in [0.15, 0.2) is 52.9 Å². The molecule has 1 aliphatic heterocycles. The van der Waals surface area contributed by atoms with Crippen molar-refractivity contribution in [1.82, 2.24) is 5.32 Å². The summed E-state index contributed by atoms with van der Waals surface area (Å²) in [5, 5.41) is 3.35. The van der Waals surface area contributed by atoms with Gasteiger partial charge in [0.2, 0.25) is 0 Å². The average Bonchev–Trinajstić information content (AvgIpc) is 3.11. The van der Waals surface area contributed by atoms with Crippen LogP contribution in [0.3, 0.4) is 0 Å². The number of carbonyl (C=O) groups excluding carboxylic acids is 2. The number of nitrogens with one attached hydrogen (secondary N) is 1. The predicted octanol–water partition coefficient (Wildman–Crippen LogP) is 5.94. The molecule has 1 N–H and O–H groups in total. The smallest absolute Gasteiger partial charge is 0.336 e. The van der Waals surface area contributed by atoms with Crippen LogP contribution in [0.5, 0.6) is 5.75 Å². The molecule has 34 heavy (non-hydrogen) atoms. The Hall–Kier alpha value is -2.93. The van der Waals surface area contributed by atoms with Gasteiger partial charge in [-0.1, -0.05) is 13.8 Å². The first-order valence-electron chi connectivity index (χ1n) is 11.5. The van der Waals surface area contributed by atoms with Gasteiger partial charge in [-0.3, -0.25) is 4.79 Å². The quantitative estimate of drug-likeness (QED) is 0.515. The van der Waals surface area contributed by atoms with Gasteiger partial charge < -0.3 is 14.8 Å². The van der Waals surface area contributed by atoms with Gasteiger partial charge in [-0.2, -0.15) is 0 Å². The minimum atomic E-state index is -0.470. The third kappa shape index (κ3) is 4.80. The van der Waals surface area contributed by atoms with E-state index in [0.717, 1.165) is 33.1 Å². The molecule has 2 aliphatic rings. The van der Waals surface area contributed by atoms with Crippen molar-refractivity contribution in [3.05, 3.63) is 74.0 Å². The van der Waals surface area contributed by atoms with E-state index in [0.29, 0.717) is 29.9 Å². The topological polar surface area (TPSA) is 64.6 Å². The number of hydrogen-bond donors (Lipinski definition) is 1. The number of aryl methyl sites for hydroxylation is 1. The van der Waals surface area contributed by atoms with Crippen molar-refractivity contribution in [3.63, 3.8) is 0 Å². The minimum Gasteiger partial charge on any atom is -0.489 e. The SMILES string of the molecule is CCOC(=O)C1=C(C)NC2=C(C(=O)CC(C)(C)C2)C1c1cc(COc2ccc(F)cc2)c(C)s1. The summed E-state index contributed by atoms with van der Waals surface area (Å²) in [5.74, 6) is -0.550. The zero-order valence-electron chi connectivity index (χ0n) is 20.2. The van der Waals surface area contributed by atoms with Crippen LogP contribution >= 0.6 is 11.3 Å². The molecule has 0 spiro atoms. The van der Waals surface area contributed by atoms with E-state index in [2.05, 4.69) is 19.2 Å². The molecule has 4 rings (SSSR count). The summed E-state index contributed by atoms with van der Waals surface area (Å²) in [5.41, 5.74) is 3.60. The molecule has 0 saturated carbocycles. The number of esters is 1. The van der Waals surface area contributed by atoms with Gasteiger partial charge in [0.05, 0.1) is 18.1 Å². The highest BCUT2D eigenvalue weighted by molar-refractivity contribution is 7.12. The Labute approximate surface area is 203 Å². The number of carbonyl (C=O) groups is 2. The van der Waals surface area contributed by atoms with E-state index in [1.54, 1.807) is 30.4 Å². The van der Waals surface area contributed by atoms with Crippen LogP contribution in [0.25, 0.3) is 0 Å². The van der Waals surface area contributed by atoms with Crippen molar-refractivity contribution >= 4 is 23.1 Å². The summed E-state index contributed by atoms with van der Waals surface area (Å²) in [6.45, 7) is 10.4. The fourth-order valence-corrected chi connectivity index (χ4v) is 5.88. The summed E-state index contributed by atoms with van der Waals surface area (Å²) < 4.78 is 24.4. The fourth-order valence-electron chi connectivity index (χ4n) is 4.72. The Morgan fingerprint density at radius 2 is 1.91 bits per heavy atom. The zero-order chi connectivity index (χ0) is 24.6. The number of Topliss-reactive ketones (excluding diaryl/α,β-unsaturated/α-hetero) is 1. The van der Waals surface area contributed by atoms with Gasteiger partial charge in [-0.05, 0) is 62.9 Å². The monoisotopic (exact) mass is 483 g/mol. The van der Waals surface area contributed by atoms with Gasteiger partial charge >= 0.3 is 5.97 Å². The first-order valence-corrected chi connectivity index (χ1v) is 12.3. The number of halogens is 1. The minimum absolute atomic E-state index is 0.0632. The summed E-state index contributed by atoms with van der Waals surface area (Å²) in [7, 11) is 0. The van der Waals surface area contributed by atoms with Crippen molar-refractivity contribution in [2.45, 2.75) is 60.0 Å². The number of rotatable bonds is 6. The molecule has 1 aromatic heterocycles. The molecule has 0 saturated heterocycles. The standard InChI is InChI=1S/C27H30FNO4S/c1-6-32-26(31)23-15(2)29-20-12-27(4,5)13-21(30)24(20)25(23)22-11-17(16(3)34-22)14-33-19-9-7-18(28)8-10-19/h7-11,25,29H,6,12-14H2,1-5H3. The second-order valence-corrected chi connectivity index (χ2v) is 10.9.